The summed E-state index contributed by atoms with van der Waals surface area (Å²) in [5.41, 5.74) is 9.33. The van der Waals surface area contributed by atoms with Gasteiger partial charge in [-0.25, -0.2) is 9.98 Å². The molecule has 47 heavy (non-hydrogen) atoms. The van der Waals surface area contributed by atoms with E-state index in [0.29, 0.717) is 43.4 Å². The Kier molecular flexibility index (Phi) is 6.78. The number of rotatable bonds is 2. The van der Waals surface area contributed by atoms with Gasteiger partial charge in [0.1, 0.15) is 59.0 Å². The second-order valence-electron chi connectivity index (χ2n) is 12.1. The summed E-state index contributed by atoms with van der Waals surface area (Å²) in [4.78, 5) is 39.1. The van der Waals surface area contributed by atoms with Crippen LogP contribution in [0.15, 0.2) is 86.5 Å². The van der Waals surface area contributed by atoms with Crippen LogP contribution in [0.2, 0.25) is 12.1 Å². The lowest BCUT2D eigenvalue weighted by molar-refractivity contribution is -0.109. The van der Waals surface area contributed by atoms with E-state index in [1.54, 1.807) is 18.2 Å². The van der Waals surface area contributed by atoms with Gasteiger partial charge in [0.25, 0.3) is 0 Å². The van der Waals surface area contributed by atoms with Gasteiger partial charge in [-0.3, -0.25) is 9.59 Å². The summed E-state index contributed by atoms with van der Waals surface area (Å²) in [6, 6.07) is 19.6. The van der Waals surface area contributed by atoms with E-state index in [9.17, 15) is 25.4 Å². The third-order valence-corrected chi connectivity index (χ3v) is 17.6. The average molecular weight is 665 g/mol. The molecular weight excluding hydrogens is 641 g/mol. The first-order valence-electron chi connectivity index (χ1n) is 15.4. The molecule has 8 nitrogen and oxygen atoms in total. The van der Waals surface area contributed by atoms with Gasteiger partial charge in [0.2, 0.25) is 11.6 Å². The number of benzene rings is 1. The number of Topliss-reactive ketones (excluding diaryl/α,β-unsaturated/α-hetero) is 2. The molecule has 0 atom stereocenters. The number of aliphatic imine (C=N–C) groups is 2. The van der Waals surface area contributed by atoms with Gasteiger partial charge >= 0.3 is 0 Å². The number of ketones is 2. The molecule has 1 saturated heterocycles. The Hall–Kier alpha value is -5.25. The Labute approximate surface area is 279 Å². The Morgan fingerprint density at radius 1 is 0.745 bits per heavy atom. The third kappa shape index (κ3) is 4.20. The summed E-state index contributed by atoms with van der Waals surface area (Å²) in [5, 5.41) is 33.2. The number of allylic oxidation sites excluding steroid dienone is 8. The van der Waals surface area contributed by atoms with Gasteiger partial charge in [0.15, 0.2) is 0 Å². The van der Waals surface area contributed by atoms with Crippen molar-refractivity contribution in [2.45, 2.75) is 44.2 Å². The summed E-state index contributed by atoms with van der Waals surface area (Å²) >= 11 is 3.07. The molecule has 1 spiro atoms. The molecule has 2 aromatic heterocycles. The lowest BCUT2D eigenvalue weighted by Gasteiger charge is -2.32. The maximum Gasteiger partial charge on any atom is 0.212 e. The predicted octanol–water partition coefficient (Wildman–Crippen LogP) is 6.34. The number of carbonyl (C=O) groups is 2. The van der Waals surface area contributed by atoms with E-state index in [1.165, 1.54) is 39.5 Å². The van der Waals surface area contributed by atoms with Crippen LogP contribution in [0.5, 0.6) is 0 Å². The first-order valence-corrected chi connectivity index (χ1v) is 19.5. The summed E-state index contributed by atoms with van der Waals surface area (Å²) in [6.45, 7) is 0. The van der Waals surface area contributed by atoms with Gasteiger partial charge in [-0.05, 0) is 58.6 Å². The van der Waals surface area contributed by atoms with Crippen LogP contribution < -0.4 is 16.1 Å². The van der Waals surface area contributed by atoms with Crippen LogP contribution in [0.4, 0.5) is 10.0 Å². The van der Waals surface area contributed by atoms with E-state index >= 15 is 0 Å². The molecule has 0 radical (unpaired) electrons. The smallest absolute Gasteiger partial charge is 0.212 e. The maximum atomic E-state index is 13.6. The Morgan fingerprint density at radius 2 is 1.32 bits per heavy atom. The fourth-order valence-corrected chi connectivity index (χ4v) is 16.8. The molecule has 0 unspecified atom stereocenters. The van der Waals surface area contributed by atoms with E-state index in [-0.39, 0.29) is 34.3 Å². The molecule has 8 rings (SSSR count). The summed E-state index contributed by atoms with van der Waals surface area (Å²) in [7, 11) is -2.17. The zero-order chi connectivity index (χ0) is 32.4. The van der Waals surface area contributed by atoms with Crippen molar-refractivity contribution in [1.29, 1.82) is 15.8 Å². The number of carbonyl (C=O) groups excluding carboxylic acids is 2. The van der Waals surface area contributed by atoms with Crippen molar-refractivity contribution >= 4 is 79.7 Å². The standard InChI is InChI=1S/C36H24N6O2S2Si/c37-16-19(17-38)29-20-8-2-4-10-22(20)33(43)31(29)41-27-14-25-35(45-27)36-26(47(25)12-6-1-7-13-47)15-28(46-36)42-32-30(24(40)18-39)21-9-3-5-11-23(21)34(32)44/h3,5,8-11,14-15H,1-2,4,6-7,12-13,40H2/b30-24-,41-31?,42-32?. The normalized spacial score (nSPS) is 21.4. The SMILES string of the molecule is N#CC(C#N)=C1C2=CCCC=C2C(=O)C1=Nc1cc2c(s1)-c1sc(N=C3C(=O)c4ccccc4/C3=C(/N)C#N)cc1[Si]21CCCCC1. The fraction of sp³-hybridized carbons (Fsp3) is 0.194. The summed E-state index contributed by atoms with van der Waals surface area (Å²) in [6.07, 6.45) is 8.72. The zero-order valence-electron chi connectivity index (χ0n) is 25.0. The van der Waals surface area contributed by atoms with Crippen molar-refractivity contribution in [2.24, 2.45) is 15.7 Å². The molecule has 1 aromatic carbocycles. The Bertz CT molecular complexity index is 2300. The molecule has 4 heterocycles. The Morgan fingerprint density at radius 3 is 1.91 bits per heavy atom. The highest BCUT2D eigenvalue weighted by atomic mass is 32.1. The van der Waals surface area contributed by atoms with E-state index in [2.05, 4.69) is 12.1 Å². The van der Waals surface area contributed by atoms with Crippen LogP contribution in [0.25, 0.3) is 15.3 Å². The van der Waals surface area contributed by atoms with E-state index in [0.717, 1.165) is 47.5 Å². The first-order chi connectivity index (χ1) is 22.9. The third-order valence-electron chi connectivity index (χ3n) is 9.70. The molecule has 1 saturated carbocycles. The molecule has 0 bridgehead atoms. The fourth-order valence-electron chi connectivity index (χ4n) is 7.67. The maximum absolute atomic E-state index is 13.6. The van der Waals surface area contributed by atoms with Crippen molar-refractivity contribution in [3.05, 3.63) is 87.7 Å². The van der Waals surface area contributed by atoms with Crippen LogP contribution in [0.1, 0.15) is 48.0 Å². The minimum absolute atomic E-state index is 0.0363. The minimum atomic E-state index is -2.17. The molecule has 226 valence electrons. The molecule has 3 aromatic rings. The minimum Gasteiger partial charge on any atom is -0.390 e. The molecule has 3 aliphatic carbocycles. The van der Waals surface area contributed by atoms with Gasteiger partial charge < -0.3 is 5.73 Å². The van der Waals surface area contributed by atoms with Crippen molar-refractivity contribution in [3.8, 4) is 28.0 Å². The average Bonchev–Trinajstić information content (AvgIpc) is 3.88. The molecular formula is C36H24N6O2S2Si. The molecule has 2 fully saturated rings. The van der Waals surface area contributed by atoms with E-state index in [1.807, 2.05) is 36.4 Å². The van der Waals surface area contributed by atoms with Crippen molar-refractivity contribution < 1.29 is 9.59 Å². The van der Waals surface area contributed by atoms with Gasteiger partial charge in [-0.2, -0.15) is 15.8 Å². The van der Waals surface area contributed by atoms with Gasteiger partial charge in [-0.1, -0.05) is 55.7 Å². The molecule has 2 N–H and O–H groups in total. The van der Waals surface area contributed by atoms with E-state index < -0.39 is 8.07 Å². The highest BCUT2D eigenvalue weighted by Crippen LogP contribution is 2.49. The van der Waals surface area contributed by atoms with Crippen LogP contribution in [0, 0.1) is 34.0 Å². The number of hydrogen-bond acceptors (Lipinski definition) is 10. The Balaban J connectivity index is 1.27. The van der Waals surface area contributed by atoms with Gasteiger partial charge in [0.05, 0.1) is 0 Å². The number of nitrogens with zero attached hydrogens (tertiary/aromatic N) is 5. The largest absolute Gasteiger partial charge is 0.390 e. The molecule has 11 heteroatoms. The highest BCUT2D eigenvalue weighted by molar-refractivity contribution is 7.32. The van der Waals surface area contributed by atoms with Crippen LogP contribution in [-0.2, 0) is 4.79 Å². The van der Waals surface area contributed by atoms with Gasteiger partial charge in [0, 0.05) is 32.0 Å². The highest BCUT2D eigenvalue weighted by Gasteiger charge is 2.49. The van der Waals surface area contributed by atoms with Crippen LogP contribution in [0.3, 0.4) is 0 Å². The molecule has 0 amide bonds. The monoisotopic (exact) mass is 664 g/mol. The summed E-state index contributed by atoms with van der Waals surface area (Å²) in [5.74, 6) is -0.489. The second kappa shape index (κ2) is 10.9. The topological polar surface area (TPSA) is 156 Å². The quantitative estimate of drug-likeness (QED) is 0.249. The number of thiophene rings is 2. The number of hydrogen-bond donors (Lipinski definition) is 1. The lowest BCUT2D eigenvalue weighted by atomic mass is 9.96. The number of nitriles is 3. The van der Waals surface area contributed by atoms with Crippen LogP contribution >= 0.6 is 22.7 Å². The zero-order valence-corrected chi connectivity index (χ0v) is 27.6. The molecule has 5 aliphatic rings. The van der Waals surface area contributed by atoms with Gasteiger partial charge in [-0.15, -0.1) is 22.7 Å². The first kappa shape index (κ1) is 29.2. The number of fused-ring (bicyclic) bond motifs is 7. The summed E-state index contributed by atoms with van der Waals surface area (Å²) < 4.78 is 0. The van der Waals surface area contributed by atoms with Crippen molar-refractivity contribution in [3.63, 3.8) is 0 Å². The van der Waals surface area contributed by atoms with Crippen LogP contribution in [-0.4, -0.2) is 31.1 Å². The van der Waals surface area contributed by atoms with Crippen molar-refractivity contribution in [2.75, 3.05) is 0 Å². The lowest BCUT2D eigenvalue weighted by Crippen LogP contribution is -2.55. The predicted molar refractivity (Wildman–Crippen MR) is 186 cm³/mol. The number of nitrogens with two attached hydrogens (primary N) is 1. The van der Waals surface area contributed by atoms with Crippen molar-refractivity contribution in [1.82, 2.24) is 0 Å². The van der Waals surface area contributed by atoms with E-state index in [4.69, 9.17) is 15.7 Å². The molecule has 2 aliphatic heterocycles. The second-order valence-corrected chi connectivity index (χ2v) is 18.4.